The maximum Gasteiger partial charge on any atom is 0.312 e. The van der Waals surface area contributed by atoms with E-state index in [4.69, 9.17) is 4.74 Å². The van der Waals surface area contributed by atoms with Gasteiger partial charge in [0.05, 0.1) is 12.5 Å². The van der Waals surface area contributed by atoms with Gasteiger partial charge in [0, 0.05) is 5.66 Å². The molecule has 5 aliphatic rings. The summed E-state index contributed by atoms with van der Waals surface area (Å²) in [6.07, 6.45) is 13.8. The van der Waals surface area contributed by atoms with E-state index in [1.807, 2.05) is 0 Å². The minimum atomic E-state index is -0.326. The van der Waals surface area contributed by atoms with E-state index in [1.54, 1.807) is 12.7 Å². The third kappa shape index (κ3) is 3.25. The zero-order valence-electron chi connectivity index (χ0n) is 23.6. The third-order valence-electron chi connectivity index (χ3n) is 13.3. The first-order valence-corrected chi connectivity index (χ1v) is 15.2. The molecule has 3 unspecified atom stereocenters. The minimum Gasteiger partial charge on any atom is -0.469 e. The van der Waals surface area contributed by atoms with Crippen molar-refractivity contribution in [2.24, 2.45) is 50.2 Å². The molecule has 0 spiro atoms. The topological polar surface area (TPSA) is 43.4 Å². The molecule has 0 heterocycles. The van der Waals surface area contributed by atoms with Crippen molar-refractivity contribution in [1.29, 1.82) is 0 Å². The number of fused-ring (bicyclic) bond motifs is 7. The molecule has 4 heteroatoms. The van der Waals surface area contributed by atoms with Crippen LogP contribution in [-0.2, 0) is 14.1 Å². The Labute approximate surface area is 215 Å². The number of esters is 1. The Hall–Kier alpha value is -0.690. The van der Waals surface area contributed by atoms with Crippen LogP contribution in [0, 0.1) is 50.2 Å². The molecule has 5 aliphatic carbocycles. The van der Waals surface area contributed by atoms with Crippen LogP contribution in [0.15, 0.2) is 11.6 Å². The van der Waals surface area contributed by atoms with Crippen LogP contribution in [0.25, 0.3) is 0 Å². The summed E-state index contributed by atoms with van der Waals surface area (Å²) in [6.45, 7) is 17.4. The summed E-state index contributed by atoms with van der Waals surface area (Å²) < 4.78 is 17.6. The summed E-state index contributed by atoms with van der Waals surface area (Å²) in [5, 5.41) is 0. The van der Waals surface area contributed by atoms with Crippen molar-refractivity contribution < 1.29 is 14.1 Å². The van der Waals surface area contributed by atoms with Gasteiger partial charge in [0.15, 0.2) is 8.46 Å². The Morgan fingerprint density at radius 2 is 1.60 bits per heavy atom. The Bertz CT molecular complexity index is 951. The molecule has 3 nitrogen and oxygen atoms in total. The first-order chi connectivity index (χ1) is 16.2. The number of carbonyl (C=O) groups excluding carboxylic acids is 1. The maximum atomic E-state index is 13.4. The maximum absolute atomic E-state index is 13.4. The third-order valence-corrected chi connectivity index (χ3v) is 14.5. The lowest BCUT2D eigenvalue weighted by atomic mass is 9.33. The number of rotatable bonds is 2. The highest BCUT2D eigenvalue weighted by atomic mass is 31.1. The molecule has 0 aromatic rings. The standard InChI is InChI=1S/C31H49O3P/c1-26(2)15-17-31(25(32)34-8)18-16-29(6)20(21(31)19-26)9-10-23-28(5)13-12-24(35-33)27(3,4)22(28)11-14-30(23,29)7/h9,21-24H,10-19H2,1-8H3/t21?,22?,23?,24-,28-,29+,30+,31-/m0/s1. The van der Waals surface area contributed by atoms with E-state index >= 15 is 0 Å². The Kier molecular flexibility index (Phi) is 5.86. The van der Waals surface area contributed by atoms with E-state index in [0.717, 1.165) is 44.9 Å². The molecule has 0 radical (unpaired) electrons. The van der Waals surface area contributed by atoms with E-state index in [1.165, 1.54) is 19.3 Å². The van der Waals surface area contributed by atoms with Crippen molar-refractivity contribution in [2.75, 3.05) is 7.11 Å². The van der Waals surface area contributed by atoms with Crippen molar-refractivity contribution in [3.8, 4) is 0 Å². The first-order valence-electron chi connectivity index (χ1n) is 14.3. The second kappa shape index (κ2) is 7.91. The quantitative estimate of drug-likeness (QED) is 0.216. The summed E-state index contributed by atoms with van der Waals surface area (Å²) in [5.41, 5.74) is 2.61. The Morgan fingerprint density at radius 1 is 0.914 bits per heavy atom. The van der Waals surface area contributed by atoms with Gasteiger partial charge in [0.25, 0.3) is 0 Å². The molecule has 0 aromatic heterocycles. The first kappa shape index (κ1) is 25.9. The second-order valence-electron chi connectivity index (χ2n) is 15.3. The molecule has 0 amide bonds. The average Bonchev–Trinajstić information content (AvgIpc) is 2.78. The van der Waals surface area contributed by atoms with Gasteiger partial charge in [-0.05, 0) is 109 Å². The molecule has 0 bridgehead atoms. The Morgan fingerprint density at radius 3 is 2.26 bits per heavy atom. The molecule has 0 aliphatic heterocycles. The number of allylic oxidation sites excluding steroid dienone is 2. The highest BCUT2D eigenvalue weighted by Gasteiger charge is 2.69. The molecule has 4 saturated carbocycles. The molecule has 0 saturated heterocycles. The van der Waals surface area contributed by atoms with Crippen LogP contribution in [0.3, 0.4) is 0 Å². The van der Waals surface area contributed by atoms with Crippen molar-refractivity contribution in [3.63, 3.8) is 0 Å². The van der Waals surface area contributed by atoms with Gasteiger partial charge in [-0.3, -0.25) is 9.36 Å². The van der Waals surface area contributed by atoms with Gasteiger partial charge in [0.2, 0.25) is 0 Å². The molecule has 196 valence electrons. The van der Waals surface area contributed by atoms with Gasteiger partial charge < -0.3 is 4.74 Å². The lowest BCUT2D eigenvalue weighted by molar-refractivity contribution is -0.188. The van der Waals surface area contributed by atoms with Crippen LogP contribution < -0.4 is 0 Å². The number of ether oxygens (including phenoxy) is 1. The zero-order valence-corrected chi connectivity index (χ0v) is 24.5. The minimum absolute atomic E-state index is 0.0424. The second-order valence-corrected chi connectivity index (χ2v) is 16.2. The predicted octanol–water partition coefficient (Wildman–Crippen LogP) is 8.62. The molecule has 8 atom stereocenters. The smallest absolute Gasteiger partial charge is 0.312 e. The SMILES string of the molecule is COC(=O)[C@]12CCC(C)(C)CC1C1=CCC3[C@@]4(C)CC[C@H](P=O)C(C)(C)C4CC[C@@]3(C)[C@]1(C)CC2. The molecule has 0 N–H and O–H groups in total. The molecular weight excluding hydrogens is 451 g/mol. The van der Waals surface area contributed by atoms with Crippen LogP contribution in [-0.4, -0.2) is 18.7 Å². The molecule has 4 fully saturated rings. The van der Waals surface area contributed by atoms with Crippen LogP contribution in [0.1, 0.15) is 113 Å². The van der Waals surface area contributed by atoms with Gasteiger partial charge in [-0.2, -0.15) is 0 Å². The zero-order chi connectivity index (χ0) is 25.7. The van der Waals surface area contributed by atoms with E-state index in [2.05, 4.69) is 54.5 Å². The lowest BCUT2D eigenvalue weighted by Crippen LogP contribution is -2.64. The fourth-order valence-corrected chi connectivity index (χ4v) is 11.7. The van der Waals surface area contributed by atoms with Gasteiger partial charge in [-0.25, -0.2) is 0 Å². The van der Waals surface area contributed by atoms with Crippen LogP contribution in [0.4, 0.5) is 0 Å². The number of hydrogen-bond acceptors (Lipinski definition) is 3. The van der Waals surface area contributed by atoms with Gasteiger partial charge in [0.1, 0.15) is 0 Å². The summed E-state index contributed by atoms with van der Waals surface area (Å²) in [6, 6.07) is 0. The fourth-order valence-electron chi connectivity index (χ4n) is 11.0. The van der Waals surface area contributed by atoms with Crippen molar-refractivity contribution in [2.45, 2.75) is 118 Å². The van der Waals surface area contributed by atoms with Crippen molar-refractivity contribution >= 4 is 14.4 Å². The van der Waals surface area contributed by atoms with Crippen LogP contribution in [0.5, 0.6) is 0 Å². The fraction of sp³-hybridized carbons (Fsp3) is 0.903. The van der Waals surface area contributed by atoms with Gasteiger partial charge >= 0.3 is 5.97 Å². The van der Waals surface area contributed by atoms with E-state index < -0.39 is 0 Å². The largest absolute Gasteiger partial charge is 0.469 e. The molecular formula is C31H49O3P. The normalized spacial score (nSPS) is 50.1. The van der Waals surface area contributed by atoms with Crippen molar-refractivity contribution in [1.82, 2.24) is 0 Å². The monoisotopic (exact) mass is 500 g/mol. The van der Waals surface area contributed by atoms with E-state index in [0.29, 0.717) is 26.2 Å². The molecule has 0 aromatic carbocycles. The predicted molar refractivity (Wildman–Crippen MR) is 142 cm³/mol. The highest BCUT2D eigenvalue weighted by Crippen LogP contribution is 2.76. The number of methoxy groups -OCH3 is 1. The molecule has 5 rings (SSSR count). The summed E-state index contributed by atoms with van der Waals surface area (Å²) >= 11 is 0. The van der Waals surface area contributed by atoms with Gasteiger partial charge in [-0.15, -0.1) is 0 Å². The molecule has 35 heavy (non-hydrogen) atoms. The van der Waals surface area contributed by atoms with Crippen molar-refractivity contribution in [3.05, 3.63) is 11.6 Å². The van der Waals surface area contributed by atoms with Gasteiger partial charge in [-0.1, -0.05) is 60.1 Å². The lowest BCUT2D eigenvalue weighted by Gasteiger charge is -2.71. The summed E-state index contributed by atoms with van der Waals surface area (Å²) in [5.74, 6) is 1.62. The number of hydrogen-bond donors (Lipinski definition) is 0. The highest BCUT2D eigenvalue weighted by molar-refractivity contribution is 7.24. The van der Waals surface area contributed by atoms with Crippen LogP contribution in [0.2, 0.25) is 0 Å². The summed E-state index contributed by atoms with van der Waals surface area (Å²) in [4.78, 5) is 13.4. The van der Waals surface area contributed by atoms with E-state index in [9.17, 15) is 9.36 Å². The number of carbonyl (C=O) groups is 1. The van der Waals surface area contributed by atoms with Crippen LogP contribution >= 0.6 is 8.46 Å². The average molecular weight is 501 g/mol. The van der Waals surface area contributed by atoms with E-state index in [-0.39, 0.29) is 44.1 Å². The Balaban J connectivity index is 1.59. The summed E-state index contributed by atoms with van der Waals surface area (Å²) in [7, 11) is 1.93.